The van der Waals surface area contributed by atoms with Gasteiger partial charge in [-0.1, -0.05) is 25.3 Å². The highest BCUT2D eigenvalue weighted by molar-refractivity contribution is 8.13. The number of unbranched alkanes of at least 4 members (excludes halogenated alkanes) is 2. The Labute approximate surface area is 151 Å². The summed E-state index contributed by atoms with van der Waals surface area (Å²) in [6.45, 7) is 6.67. The predicted molar refractivity (Wildman–Crippen MR) is 96.2 cm³/mol. The maximum absolute atomic E-state index is 11.8. The Morgan fingerprint density at radius 1 is 1.04 bits per heavy atom. The van der Waals surface area contributed by atoms with Crippen molar-refractivity contribution < 1.29 is 17.9 Å². The first-order valence-electron chi connectivity index (χ1n) is 8.37. The molecular formula is C15H28F3N3OS2. The molecule has 0 bridgehead atoms. The van der Waals surface area contributed by atoms with E-state index in [2.05, 4.69) is 33.3 Å². The van der Waals surface area contributed by atoms with Crippen LogP contribution in [0.4, 0.5) is 13.2 Å². The lowest BCUT2D eigenvalue weighted by Gasteiger charge is -2.21. The summed E-state index contributed by atoms with van der Waals surface area (Å²) in [4.78, 5) is 4.65. The Bertz CT molecular complexity index is 346. The molecule has 0 aromatic rings. The standard InChI is InChI=1S/C15H28F3N3OS2/c1-2-3-7-20-9-10-21(14-20)8-4-5-11-22-12-6-13-23-19-24-15(16,17)18/h9-10,19H,2-8,11-14H2,1H3. The van der Waals surface area contributed by atoms with Gasteiger partial charge in [-0.2, -0.15) is 13.2 Å². The topological polar surface area (TPSA) is 27.7 Å². The minimum Gasteiger partial charge on any atom is -0.381 e. The van der Waals surface area contributed by atoms with Gasteiger partial charge in [-0.3, -0.25) is 0 Å². The molecule has 0 aliphatic carbocycles. The van der Waals surface area contributed by atoms with Crippen LogP contribution >= 0.6 is 23.9 Å². The van der Waals surface area contributed by atoms with Gasteiger partial charge in [-0.15, -0.1) is 0 Å². The first kappa shape index (κ1) is 21.8. The molecule has 1 rings (SSSR count). The zero-order chi connectivity index (χ0) is 17.7. The van der Waals surface area contributed by atoms with Gasteiger partial charge in [0, 0.05) is 56.4 Å². The van der Waals surface area contributed by atoms with Gasteiger partial charge in [-0.05, 0) is 25.7 Å². The van der Waals surface area contributed by atoms with Gasteiger partial charge in [0.2, 0.25) is 0 Å². The lowest BCUT2D eigenvalue weighted by Crippen LogP contribution is -2.26. The predicted octanol–water partition coefficient (Wildman–Crippen LogP) is 4.43. The molecule has 0 unspecified atom stereocenters. The van der Waals surface area contributed by atoms with Gasteiger partial charge >= 0.3 is 5.51 Å². The van der Waals surface area contributed by atoms with Crippen LogP contribution in [-0.4, -0.2) is 54.0 Å². The molecular weight excluding hydrogens is 359 g/mol. The number of alkyl halides is 3. The maximum atomic E-state index is 11.8. The summed E-state index contributed by atoms with van der Waals surface area (Å²) in [6, 6.07) is 0. The van der Waals surface area contributed by atoms with E-state index < -0.39 is 5.51 Å². The van der Waals surface area contributed by atoms with Crippen LogP contribution < -0.4 is 4.13 Å². The van der Waals surface area contributed by atoms with E-state index in [4.69, 9.17) is 4.74 Å². The number of nitrogens with one attached hydrogen (secondary N) is 1. The van der Waals surface area contributed by atoms with E-state index in [9.17, 15) is 13.2 Å². The highest BCUT2D eigenvalue weighted by Crippen LogP contribution is 2.28. The number of ether oxygens (including phenoxy) is 1. The molecule has 0 fully saturated rings. The molecule has 0 aromatic heterocycles. The molecule has 0 amide bonds. The first-order valence-corrected chi connectivity index (χ1v) is 10.2. The molecule has 1 heterocycles. The van der Waals surface area contributed by atoms with Crippen molar-refractivity contribution in [3.05, 3.63) is 12.4 Å². The summed E-state index contributed by atoms with van der Waals surface area (Å²) < 4.78 is 43.3. The Morgan fingerprint density at radius 3 is 2.38 bits per heavy atom. The number of hydrogen-bond acceptors (Lipinski definition) is 6. The molecule has 24 heavy (non-hydrogen) atoms. The normalized spacial score (nSPS) is 14.8. The van der Waals surface area contributed by atoms with Crippen LogP contribution in [0.1, 0.15) is 39.0 Å². The van der Waals surface area contributed by atoms with Gasteiger partial charge in [0.25, 0.3) is 0 Å². The summed E-state index contributed by atoms with van der Waals surface area (Å²) in [5.41, 5.74) is -4.22. The fourth-order valence-corrected chi connectivity index (χ4v) is 3.35. The minimum atomic E-state index is -4.22. The van der Waals surface area contributed by atoms with Gasteiger partial charge in [0.05, 0.1) is 6.67 Å². The van der Waals surface area contributed by atoms with Gasteiger partial charge < -0.3 is 14.5 Å². The Morgan fingerprint density at radius 2 is 1.71 bits per heavy atom. The summed E-state index contributed by atoms with van der Waals surface area (Å²) in [5, 5.41) is 0. The van der Waals surface area contributed by atoms with E-state index in [0.29, 0.717) is 19.0 Å². The summed E-state index contributed by atoms with van der Waals surface area (Å²) in [6.07, 6.45) is 9.61. The summed E-state index contributed by atoms with van der Waals surface area (Å²) in [7, 11) is 0. The van der Waals surface area contributed by atoms with Crippen LogP contribution in [0, 0.1) is 0 Å². The van der Waals surface area contributed by atoms with Crippen LogP contribution in [0.2, 0.25) is 0 Å². The monoisotopic (exact) mass is 387 g/mol. The fraction of sp³-hybridized carbons (Fsp3) is 0.867. The number of hydrogen-bond donors (Lipinski definition) is 1. The van der Waals surface area contributed by atoms with Crippen LogP contribution in [-0.2, 0) is 4.74 Å². The molecule has 142 valence electrons. The van der Waals surface area contributed by atoms with Crippen molar-refractivity contribution >= 4 is 23.9 Å². The summed E-state index contributed by atoms with van der Waals surface area (Å²) >= 11 is 0.848. The molecule has 0 radical (unpaired) electrons. The molecule has 0 atom stereocenters. The van der Waals surface area contributed by atoms with Crippen LogP contribution in [0.25, 0.3) is 0 Å². The van der Waals surface area contributed by atoms with E-state index >= 15 is 0 Å². The van der Waals surface area contributed by atoms with Crippen molar-refractivity contribution in [2.24, 2.45) is 0 Å². The molecule has 4 nitrogen and oxygen atoms in total. The molecule has 0 saturated carbocycles. The number of nitrogens with zero attached hydrogens (tertiary/aromatic N) is 2. The average molecular weight is 388 g/mol. The zero-order valence-electron chi connectivity index (χ0n) is 14.2. The minimum absolute atomic E-state index is 0.217. The fourth-order valence-electron chi connectivity index (χ4n) is 2.14. The maximum Gasteiger partial charge on any atom is 0.456 e. The van der Waals surface area contributed by atoms with E-state index in [0.717, 1.165) is 51.0 Å². The highest BCUT2D eigenvalue weighted by Gasteiger charge is 2.28. The molecule has 9 heteroatoms. The van der Waals surface area contributed by atoms with Crippen molar-refractivity contribution in [1.82, 2.24) is 13.9 Å². The van der Waals surface area contributed by atoms with Gasteiger partial charge in [0.15, 0.2) is 0 Å². The lowest BCUT2D eigenvalue weighted by atomic mass is 10.3. The Kier molecular flexibility index (Phi) is 11.8. The third-order valence-corrected chi connectivity index (χ3v) is 4.91. The first-order chi connectivity index (χ1) is 11.5. The summed E-state index contributed by atoms with van der Waals surface area (Å²) in [5.74, 6) is 0.606. The Balaban J connectivity index is 1.81. The van der Waals surface area contributed by atoms with Gasteiger partial charge in [-0.25, -0.2) is 4.13 Å². The van der Waals surface area contributed by atoms with Crippen molar-refractivity contribution in [2.45, 2.75) is 44.5 Å². The Hall–Kier alpha value is -0.250. The molecule has 1 aliphatic heterocycles. The molecule has 0 aromatic carbocycles. The second kappa shape index (κ2) is 13.0. The highest BCUT2D eigenvalue weighted by atomic mass is 32.2. The van der Waals surface area contributed by atoms with Gasteiger partial charge in [0.1, 0.15) is 0 Å². The lowest BCUT2D eigenvalue weighted by molar-refractivity contribution is -0.0331. The SMILES string of the molecule is CCCCN1C=CN(CCCCOCCCSNSC(F)(F)F)C1. The molecule has 1 aliphatic rings. The molecule has 1 N–H and O–H groups in total. The number of halogens is 3. The zero-order valence-corrected chi connectivity index (χ0v) is 15.8. The van der Waals surface area contributed by atoms with E-state index in [1.807, 2.05) is 0 Å². The van der Waals surface area contributed by atoms with E-state index in [1.165, 1.54) is 12.8 Å². The van der Waals surface area contributed by atoms with Crippen molar-refractivity contribution in [3.63, 3.8) is 0 Å². The second-order valence-electron chi connectivity index (χ2n) is 5.57. The average Bonchev–Trinajstić information content (AvgIpc) is 2.97. The quantitative estimate of drug-likeness (QED) is 0.350. The molecule has 0 saturated heterocycles. The number of rotatable bonds is 14. The van der Waals surface area contributed by atoms with Crippen LogP contribution in [0.15, 0.2) is 12.4 Å². The van der Waals surface area contributed by atoms with Crippen LogP contribution in [0.5, 0.6) is 0 Å². The van der Waals surface area contributed by atoms with Crippen molar-refractivity contribution in [1.29, 1.82) is 0 Å². The largest absolute Gasteiger partial charge is 0.456 e. The second-order valence-corrected chi connectivity index (χ2v) is 7.60. The van der Waals surface area contributed by atoms with Crippen LogP contribution in [0.3, 0.4) is 0 Å². The molecule has 0 spiro atoms. The third kappa shape index (κ3) is 12.2. The van der Waals surface area contributed by atoms with Crippen molar-refractivity contribution in [3.8, 4) is 0 Å². The van der Waals surface area contributed by atoms with E-state index in [-0.39, 0.29) is 11.9 Å². The third-order valence-electron chi connectivity index (χ3n) is 3.39. The van der Waals surface area contributed by atoms with E-state index in [1.54, 1.807) is 0 Å². The smallest absolute Gasteiger partial charge is 0.381 e. The van der Waals surface area contributed by atoms with Crippen molar-refractivity contribution in [2.75, 3.05) is 38.7 Å².